The van der Waals surface area contributed by atoms with Crippen LogP contribution in [0.25, 0.3) is 44.5 Å². The van der Waals surface area contributed by atoms with Crippen LogP contribution in [-0.2, 0) is 0 Å². The third-order valence-corrected chi connectivity index (χ3v) is 8.89. The van der Waals surface area contributed by atoms with Crippen LogP contribution in [0, 0.1) is 0 Å². The second-order valence-electron chi connectivity index (χ2n) is 11.6. The Morgan fingerprint density at radius 2 is 0.867 bits per heavy atom. The van der Waals surface area contributed by atoms with Gasteiger partial charge in [-0.25, -0.2) is 0 Å². The molecule has 7 aromatic rings. The van der Waals surface area contributed by atoms with Crippen molar-refractivity contribution in [1.82, 2.24) is 4.98 Å². The van der Waals surface area contributed by atoms with Crippen LogP contribution in [0.5, 0.6) is 23.0 Å². The molecule has 0 spiro atoms. The number of hydrogen-bond acceptors (Lipinski definition) is 3. The molecule has 2 aliphatic rings. The van der Waals surface area contributed by atoms with Gasteiger partial charge in [-0.3, -0.25) is 4.98 Å². The highest BCUT2D eigenvalue weighted by molar-refractivity contribution is 6.98. The van der Waals surface area contributed by atoms with E-state index in [2.05, 4.69) is 132 Å². The third kappa shape index (κ3) is 4.42. The Morgan fingerprint density at radius 3 is 1.42 bits per heavy atom. The fourth-order valence-electron chi connectivity index (χ4n) is 6.69. The fraction of sp³-hybridized carbons (Fsp3) is 0. The molecule has 0 aliphatic carbocycles. The number of benzene rings is 6. The van der Waals surface area contributed by atoms with E-state index in [4.69, 9.17) is 9.47 Å². The van der Waals surface area contributed by atoms with Crippen molar-refractivity contribution in [3.8, 4) is 67.5 Å². The molecular weight excluding hydrogens is 549 g/mol. The molecule has 0 fully saturated rings. The predicted octanol–water partition coefficient (Wildman–Crippen LogP) is 8.48. The lowest BCUT2D eigenvalue weighted by atomic mass is 9.34. The molecule has 9 rings (SSSR count). The summed E-state index contributed by atoms with van der Waals surface area (Å²) in [6.45, 7) is -0.00655. The second kappa shape index (κ2) is 10.4. The molecule has 4 heteroatoms. The van der Waals surface area contributed by atoms with Gasteiger partial charge >= 0.3 is 0 Å². The molecule has 210 valence electrons. The highest BCUT2D eigenvalue weighted by atomic mass is 16.5. The Hall–Kier alpha value is -5.87. The smallest absolute Gasteiger partial charge is 0.260 e. The topological polar surface area (TPSA) is 31.4 Å². The number of fused-ring (bicyclic) bond motifs is 4. The number of hydrogen-bond donors (Lipinski definition) is 0. The number of aromatic nitrogens is 1. The first kappa shape index (κ1) is 25.6. The summed E-state index contributed by atoms with van der Waals surface area (Å²) in [5, 5.41) is 0. The maximum atomic E-state index is 6.78. The van der Waals surface area contributed by atoms with E-state index in [9.17, 15) is 0 Å². The normalized spacial score (nSPS) is 12.3. The lowest BCUT2D eigenvalue weighted by Crippen LogP contribution is -2.57. The fourth-order valence-corrected chi connectivity index (χ4v) is 6.69. The standard InChI is InChI=1S/C41H26BNO2/c1-3-9-27(10-4-1)31-16-18-35-37(22-31)44-39-24-34(30-14-7-13-29(21-30)33-15-8-20-43-26-33)25-40-41(39)42(35)36-19-17-32(23-38(36)45-40)28-11-5-2-6-12-28/h1-26H. The molecular formula is C41H26BNO2. The summed E-state index contributed by atoms with van der Waals surface area (Å²) in [6, 6.07) is 51.1. The molecule has 0 saturated carbocycles. The van der Waals surface area contributed by atoms with Crippen LogP contribution >= 0.6 is 0 Å². The summed E-state index contributed by atoms with van der Waals surface area (Å²) >= 11 is 0. The first-order valence-corrected chi connectivity index (χ1v) is 15.2. The maximum Gasteiger partial charge on any atom is 0.260 e. The van der Waals surface area contributed by atoms with E-state index in [0.717, 1.165) is 83.9 Å². The molecule has 0 unspecified atom stereocenters. The summed E-state index contributed by atoms with van der Waals surface area (Å²) in [7, 11) is 0. The quantitative estimate of drug-likeness (QED) is 0.197. The molecule has 0 atom stereocenters. The number of ether oxygens (including phenoxy) is 2. The van der Waals surface area contributed by atoms with Crippen molar-refractivity contribution in [2.75, 3.05) is 0 Å². The van der Waals surface area contributed by atoms with Crippen molar-refractivity contribution >= 4 is 23.1 Å². The largest absolute Gasteiger partial charge is 0.458 e. The zero-order valence-corrected chi connectivity index (χ0v) is 24.4. The Kier molecular flexibility index (Phi) is 5.92. The maximum absolute atomic E-state index is 6.78. The molecule has 0 saturated heterocycles. The molecule has 3 heterocycles. The van der Waals surface area contributed by atoms with Crippen LogP contribution in [0.2, 0.25) is 0 Å². The molecule has 2 aliphatic heterocycles. The van der Waals surface area contributed by atoms with E-state index >= 15 is 0 Å². The molecule has 1 aromatic heterocycles. The van der Waals surface area contributed by atoms with Crippen LogP contribution in [0.1, 0.15) is 0 Å². The molecule has 3 nitrogen and oxygen atoms in total. The van der Waals surface area contributed by atoms with Crippen molar-refractivity contribution < 1.29 is 9.47 Å². The molecule has 6 aromatic carbocycles. The highest BCUT2D eigenvalue weighted by Gasteiger charge is 2.40. The van der Waals surface area contributed by atoms with Crippen LogP contribution in [0.3, 0.4) is 0 Å². The average Bonchev–Trinajstić information content (AvgIpc) is 3.12. The number of rotatable bonds is 4. The number of nitrogens with zero attached hydrogens (tertiary/aromatic N) is 1. The SMILES string of the molecule is c1ccc(-c2ccc3c(c2)Oc2cc(-c4cccc(-c5cccnc5)c4)cc4c2B3c2ccc(-c3ccccc3)cc2O4)cc1. The Balaban J connectivity index is 1.22. The van der Waals surface area contributed by atoms with Gasteiger partial charge in [-0.05, 0) is 86.3 Å². The molecule has 0 radical (unpaired) electrons. The molecule has 0 amide bonds. The summed E-state index contributed by atoms with van der Waals surface area (Å²) in [4.78, 5) is 4.32. The van der Waals surface area contributed by atoms with Crippen LogP contribution in [0.4, 0.5) is 0 Å². The summed E-state index contributed by atoms with van der Waals surface area (Å²) in [5.74, 6) is 3.41. The Morgan fingerprint density at radius 1 is 0.378 bits per heavy atom. The van der Waals surface area contributed by atoms with Crippen molar-refractivity contribution in [2.24, 2.45) is 0 Å². The number of pyridine rings is 1. The van der Waals surface area contributed by atoms with Gasteiger partial charge in [-0.1, -0.05) is 109 Å². The Bertz CT molecular complexity index is 2100. The van der Waals surface area contributed by atoms with Crippen molar-refractivity contribution in [3.63, 3.8) is 0 Å². The van der Waals surface area contributed by atoms with Crippen molar-refractivity contribution in [3.05, 3.63) is 158 Å². The average molecular weight is 575 g/mol. The molecule has 0 N–H and O–H groups in total. The van der Waals surface area contributed by atoms with E-state index in [1.54, 1.807) is 6.20 Å². The zero-order valence-electron chi connectivity index (χ0n) is 24.4. The van der Waals surface area contributed by atoms with Crippen LogP contribution in [-0.4, -0.2) is 11.7 Å². The van der Waals surface area contributed by atoms with Gasteiger partial charge in [0.15, 0.2) is 0 Å². The second-order valence-corrected chi connectivity index (χ2v) is 11.6. The lowest BCUT2D eigenvalue weighted by Gasteiger charge is -2.34. The monoisotopic (exact) mass is 575 g/mol. The van der Waals surface area contributed by atoms with E-state index in [-0.39, 0.29) is 6.71 Å². The van der Waals surface area contributed by atoms with E-state index in [1.165, 1.54) is 0 Å². The van der Waals surface area contributed by atoms with Gasteiger partial charge in [0.2, 0.25) is 0 Å². The van der Waals surface area contributed by atoms with E-state index in [0.29, 0.717) is 0 Å². The highest BCUT2D eigenvalue weighted by Crippen LogP contribution is 2.40. The first-order valence-electron chi connectivity index (χ1n) is 15.2. The zero-order chi connectivity index (χ0) is 29.7. The van der Waals surface area contributed by atoms with Gasteiger partial charge in [0, 0.05) is 23.4 Å². The van der Waals surface area contributed by atoms with Gasteiger partial charge in [0.05, 0.1) is 0 Å². The lowest BCUT2D eigenvalue weighted by molar-refractivity contribution is 0.465. The van der Waals surface area contributed by atoms with Crippen LogP contribution < -0.4 is 25.9 Å². The molecule has 45 heavy (non-hydrogen) atoms. The van der Waals surface area contributed by atoms with Gasteiger partial charge in [-0.15, -0.1) is 0 Å². The van der Waals surface area contributed by atoms with Gasteiger partial charge in [0.1, 0.15) is 23.0 Å². The first-order chi connectivity index (χ1) is 22.3. The summed E-state index contributed by atoms with van der Waals surface area (Å²) in [6.07, 6.45) is 3.70. The van der Waals surface area contributed by atoms with Crippen molar-refractivity contribution in [1.29, 1.82) is 0 Å². The minimum absolute atomic E-state index is 0.00655. The van der Waals surface area contributed by atoms with E-state index < -0.39 is 0 Å². The third-order valence-electron chi connectivity index (χ3n) is 8.89. The predicted molar refractivity (Wildman–Crippen MR) is 184 cm³/mol. The van der Waals surface area contributed by atoms with E-state index in [1.807, 2.05) is 24.4 Å². The van der Waals surface area contributed by atoms with Gasteiger partial charge in [-0.2, -0.15) is 0 Å². The summed E-state index contributed by atoms with van der Waals surface area (Å²) < 4.78 is 13.6. The van der Waals surface area contributed by atoms with Gasteiger partial charge < -0.3 is 9.47 Å². The van der Waals surface area contributed by atoms with Crippen molar-refractivity contribution in [2.45, 2.75) is 0 Å². The van der Waals surface area contributed by atoms with Crippen LogP contribution in [0.15, 0.2) is 158 Å². The molecule has 0 bridgehead atoms. The summed E-state index contributed by atoms with van der Waals surface area (Å²) in [5.41, 5.74) is 12.3. The minimum Gasteiger partial charge on any atom is -0.458 e. The Labute approximate surface area is 262 Å². The minimum atomic E-state index is -0.00655. The van der Waals surface area contributed by atoms with Gasteiger partial charge in [0.25, 0.3) is 6.71 Å².